The van der Waals surface area contributed by atoms with Crippen LogP contribution in [0.15, 0.2) is 0 Å². The molecule has 0 radical (unpaired) electrons. The van der Waals surface area contributed by atoms with Crippen LogP contribution in [-0.4, -0.2) is 15.0 Å². The van der Waals surface area contributed by atoms with Crippen LogP contribution in [0.3, 0.4) is 0 Å². The molecule has 0 aromatic rings. The summed E-state index contributed by atoms with van der Waals surface area (Å²) in [6, 6.07) is 0. The Morgan fingerprint density at radius 1 is 0.714 bits per heavy atom. The van der Waals surface area contributed by atoms with Gasteiger partial charge in [0.15, 0.2) is 0 Å². The molecule has 0 bridgehead atoms. The molecule has 0 rings (SSSR count). The summed E-state index contributed by atoms with van der Waals surface area (Å²) in [6.45, 7) is 2.24. The maximum absolute atomic E-state index is 5.86. The van der Waals surface area contributed by atoms with Gasteiger partial charge >= 0.3 is 104 Å². The molecular weight excluding hydrogens is 345 g/mol. The van der Waals surface area contributed by atoms with Crippen LogP contribution in [0.5, 0.6) is 0 Å². The van der Waals surface area contributed by atoms with Gasteiger partial charge < -0.3 is 0 Å². The molecule has 0 aliphatic carbocycles. The van der Waals surface area contributed by atoms with Crippen molar-refractivity contribution in [2.75, 3.05) is 0 Å². The fraction of sp³-hybridized carbons (Fsp3) is 1.00. The Morgan fingerprint density at radius 2 is 1.14 bits per heavy atom. The second-order valence-corrected chi connectivity index (χ2v) is 25.7. The van der Waals surface area contributed by atoms with E-state index in [1.165, 1.54) is 44.9 Å². The summed E-state index contributed by atoms with van der Waals surface area (Å²) in [7, 11) is 17.6. The van der Waals surface area contributed by atoms with Crippen molar-refractivity contribution in [1.82, 2.24) is 0 Å². The van der Waals surface area contributed by atoms with Gasteiger partial charge in [0.1, 0.15) is 0 Å². The number of unbranched alkanes of at least 4 members (excludes halogenated alkanes) is 7. The van der Waals surface area contributed by atoms with E-state index in [4.69, 9.17) is 26.8 Å². The molecule has 4 heteroatoms. The minimum absolute atomic E-state index is 0.897. The summed E-state index contributed by atoms with van der Waals surface area (Å²) in [5.74, 6) is 0. The normalized spacial score (nSPS) is 12.0. The first-order chi connectivity index (χ1) is 6.56. The quantitative estimate of drug-likeness (QED) is 0.358. The molecule has 0 aliphatic rings. The van der Waals surface area contributed by atoms with Crippen molar-refractivity contribution < 1.29 is 0 Å². The molecule has 0 N–H and O–H groups in total. The van der Waals surface area contributed by atoms with E-state index in [0.717, 1.165) is 10.9 Å². The van der Waals surface area contributed by atoms with E-state index in [1.54, 1.807) is 0 Å². The molecule has 0 amide bonds. The SMILES string of the molecule is CCCCCCCCC[CH2][Sn]([Cl])([Cl])[Cl]. The van der Waals surface area contributed by atoms with Crippen LogP contribution in [0.25, 0.3) is 0 Å². The average Bonchev–Trinajstić information content (AvgIpc) is 2.08. The summed E-state index contributed by atoms with van der Waals surface area (Å²) in [4.78, 5) is 0. The zero-order valence-corrected chi connectivity index (χ0v) is 14.1. The van der Waals surface area contributed by atoms with Crippen molar-refractivity contribution in [3.8, 4) is 0 Å². The predicted octanol–water partition coefficient (Wildman–Crippen LogP) is 5.78. The van der Waals surface area contributed by atoms with Gasteiger partial charge in [0.05, 0.1) is 0 Å². The molecule has 0 spiro atoms. The van der Waals surface area contributed by atoms with Gasteiger partial charge in [-0.05, 0) is 0 Å². The van der Waals surface area contributed by atoms with Gasteiger partial charge in [0.2, 0.25) is 0 Å². The van der Waals surface area contributed by atoms with Crippen molar-refractivity contribution in [3.63, 3.8) is 0 Å². The van der Waals surface area contributed by atoms with Crippen molar-refractivity contribution in [2.24, 2.45) is 0 Å². The van der Waals surface area contributed by atoms with E-state index in [-0.39, 0.29) is 0 Å². The first-order valence-electron chi connectivity index (χ1n) is 5.63. The minimum atomic E-state index is -2.98. The second-order valence-electron chi connectivity index (χ2n) is 3.84. The Balaban J connectivity index is 2.99. The van der Waals surface area contributed by atoms with E-state index in [9.17, 15) is 0 Å². The van der Waals surface area contributed by atoms with Crippen LogP contribution in [0.1, 0.15) is 58.3 Å². The topological polar surface area (TPSA) is 0 Å². The summed E-state index contributed by atoms with van der Waals surface area (Å²) in [5, 5.41) is 0. The molecule has 86 valence electrons. The monoisotopic (exact) mass is 366 g/mol. The number of rotatable bonds is 9. The standard InChI is InChI=1S/C10H21.3ClH.Sn/c1-3-5-7-9-10-8-6-4-2;;;;/h1,3-10H2,2H3;3*1H;/q;;;;+3/p-3. The van der Waals surface area contributed by atoms with Gasteiger partial charge in [-0.1, -0.05) is 0 Å². The third-order valence-electron chi connectivity index (χ3n) is 2.31. The van der Waals surface area contributed by atoms with Crippen molar-refractivity contribution in [1.29, 1.82) is 0 Å². The van der Waals surface area contributed by atoms with E-state index < -0.39 is 15.0 Å². The molecule has 0 aromatic carbocycles. The zero-order chi connectivity index (χ0) is 10.9. The van der Waals surface area contributed by atoms with Gasteiger partial charge in [0.25, 0.3) is 0 Å². The van der Waals surface area contributed by atoms with Crippen molar-refractivity contribution >= 4 is 41.8 Å². The Labute approximate surface area is 104 Å². The van der Waals surface area contributed by atoms with E-state index in [2.05, 4.69) is 6.92 Å². The Bertz CT molecular complexity index is 123. The molecule has 14 heavy (non-hydrogen) atoms. The molecule has 0 unspecified atom stereocenters. The molecule has 0 aliphatic heterocycles. The summed E-state index contributed by atoms with van der Waals surface area (Å²) in [6.07, 6.45) is 10.5. The zero-order valence-electron chi connectivity index (χ0n) is 9.00. The summed E-state index contributed by atoms with van der Waals surface area (Å²) >= 11 is -2.98. The molecule has 0 heterocycles. The fourth-order valence-electron chi connectivity index (χ4n) is 1.46. The first kappa shape index (κ1) is 15.7. The van der Waals surface area contributed by atoms with Crippen LogP contribution in [0.2, 0.25) is 4.44 Å². The Hall–Kier alpha value is 1.67. The second kappa shape index (κ2) is 9.86. The molecule has 0 saturated carbocycles. The maximum atomic E-state index is 5.86. The van der Waals surface area contributed by atoms with E-state index in [1.807, 2.05) is 0 Å². The van der Waals surface area contributed by atoms with E-state index >= 15 is 0 Å². The van der Waals surface area contributed by atoms with Crippen LogP contribution >= 0.6 is 26.8 Å². The third kappa shape index (κ3) is 13.7. The third-order valence-corrected chi connectivity index (χ3v) is 8.74. The van der Waals surface area contributed by atoms with Gasteiger partial charge in [-0.15, -0.1) is 0 Å². The van der Waals surface area contributed by atoms with Crippen LogP contribution in [0.4, 0.5) is 0 Å². The Kier molecular flexibility index (Phi) is 11.0. The average molecular weight is 366 g/mol. The van der Waals surface area contributed by atoms with E-state index in [0.29, 0.717) is 0 Å². The van der Waals surface area contributed by atoms with Crippen LogP contribution in [-0.2, 0) is 0 Å². The van der Waals surface area contributed by atoms with Gasteiger partial charge in [-0.3, -0.25) is 0 Å². The van der Waals surface area contributed by atoms with Crippen LogP contribution < -0.4 is 0 Å². The number of hydrogen-bond acceptors (Lipinski definition) is 0. The molecule has 0 aromatic heterocycles. The van der Waals surface area contributed by atoms with Gasteiger partial charge in [-0.25, -0.2) is 0 Å². The number of halogens is 3. The fourth-order valence-corrected chi connectivity index (χ4v) is 6.01. The molecule has 0 saturated heterocycles. The molecule has 0 nitrogen and oxygen atoms in total. The predicted molar refractivity (Wildman–Crippen MR) is 70.7 cm³/mol. The van der Waals surface area contributed by atoms with Crippen molar-refractivity contribution in [2.45, 2.75) is 62.7 Å². The van der Waals surface area contributed by atoms with Gasteiger partial charge in [0, 0.05) is 0 Å². The first-order valence-corrected chi connectivity index (χ1v) is 18.5. The number of hydrogen-bond donors (Lipinski definition) is 0. The summed E-state index contributed by atoms with van der Waals surface area (Å²) < 4.78 is 0.897. The van der Waals surface area contributed by atoms with Crippen molar-refractivity contribution in [3.05, 3.63) is 0 Å². The Morgan fingerprint density at radius 3 is 1.57 bits per heavy atom. The molecule has 0 atom stereocenters. The molecule has 0 fully saturated rings. The van der Waals surface area contributed by atoms with Gasteiger partial charge in [-0.2, -0.15) is 0 Å². The molecular formula is C10H21Cl3Sn. The summed E-state index contributed by atoms with van der Waals surface area (Å²) in [5.41, 5.74) is 0. The van der Waals surface area contributed by atoms with Crippen LogP contribution in [0, 0.1) is 0 Å².